The van der Waals surface area contributed by atoms with Crippen molar-refractivity contribution in [1.29, 1.82) is 0 Å². The summed E-state index contributed by atoms with van der Waals surface area (Å²) in [5.41, 5.74) is 1.63. The third kappa shape index (κ3) is 3.39. The third-order valence-corrected chi connectivity index (χ3v) is 2.55. The molecule has 6 heteroatoms. The maximum absolute atomic E-state index is 11.7. The summed E-state index contributed by atoms with van der Waals surface area (Å²) in [7, 11) is 0. The van der Waals surface area contributed by atoms with E-state index in [9.17, 15) is 4.79 Å². The Morgan fingerprint density at radius 3 is 2.82 bits per heavy atom. The lowest BCUT2D eigenvalue weighted by molar-refractivity contribution is 0.0531. The fourth-order valence-corrected chi connectivity index (χ4v) is 1.56. The molecular weight excluding hydrogens is 220 g/mol. The van der Waals surface area contributed by atoms with Crippen LogP contribution in [0.1, 0.15) is 11.4 Å². The second-order valence-electron chi connectivity index (χ2n) is 3.91. The highest BCUT2D eigenvalue weighted by molar-refractivity contribution is 5.74. The second kappa shape index (κ2) is 5.58. The summed E-state index contributed by atoms with van der Waals surface area (Å²) in [6.07, 6.45) is 3.37. The lowest BCUT2D eigenvalue weighted by atomic mass is 10.4. The summed E-state index contributed by atoms with van der Waals surface area (Å²) in [5.74, 6) is 0. The molecule has 0 aliphatic carbocycles. The van der Waals surface area contributed by atoms with Gasteiger partial charge in [-0.1, -0.05) is 0 Å². The van der Waals surface area contributed by atoms with Crippen LogP contribution in [0.4, 0.5) is 4.79 Å². The number of nitrogens with zero attached hydrogens (tertiary/aromatic N) is 3. The fraction of sp³-hybridized carbons (Fsp3) is 0.545. The average molecular weight is 236 g/mol. The summed E-state index contributed by atoms with van der Waals surface area (Å²) in [5, 5.41) is 2.82. The molecule has 1 aromatic rings. The molecule has 1 aliphatic rings. The van der Waals surface area contributed by atoms with Crippen LogP contribution in [0.2, 0.25) is 0 Å². The zero-order valence-corrected chi connectivity index (χ0v) is 9.85. The Labute approximate surface area is 100 Å². The Balaban J connectivity index is 1.81. The molecule has 1 saturated heterocycles. The standard InChI is InChI=1S/C11H16N4O2/c1-9-6-13-10(7-12-9)8-14-11(16)15-2-4-17-5-3-15/h6-7H,2-5,8H2,1H3,(H,14,16). The minimum atomic E-state index is -0.0734. The summed E-state index contributed by atoms with van der Waals surface area (Å²) in [4.78, 5) is 21.8. The summed E-state index contributed by atoms with van der Waals surface area (Å²) < 4.78 is 5.18. The van der Waals surface area contributed by atoms with Crippen LogP contribution in [-0.2, 0) is 11.3 Å². The SMILES string of the molecule is Cc1cnc(CNC(=O)N2CCOCC2)cn1. The first-order valence-corrected chi connectivity index (χ1v) is 5.64. The van der Waals surface area contributed by atoms with E-state index in [1.54, 1.807) is 17.3 Å². The van der Waals surface area contributed by atoms with Crippen molar-refractivity contribution in [3.63, 3.8) is 0 Å². The number of ether oxygens (including phenoxy) is 1. The van der Waals surface area contributed by atoms with Crippen LogP contribution in [-0.4, -0.2) is 47.2 Å². The molecular formula is C11H16N4O2. The number of rotatable bonds is 2. The van der Waals surface area contributed by atoms with E-state index in [1.807, 2.05) is 6.92 Å². The third-order valence-electron chi connectivity index (χ3n) is 2.55. The highest BCUT2D eigenvalue weighted by Crippen LogP contribution is 1.98. The van der Waals surface area contributed by atoms with Crippen molar-refractivity contribution >= 4 is 6.03 Å². The van der Waals surface area contributed by atoms with Gasteiger partial charge in [-0.3, -0.25) is 9.97 Å². The number of urea groups is 1. The highest BCUT2D eigenvalue weighted by Gasteiger charge is 2.16. The first-order valence-electron chi connectivity index (χ1n) is 5.64. The minimum Gasteiger partial charge on any atom is -0.378 e. The average Bonchev–Trinajstić information content (AvgIpc) is 2.39. The van der Waals surface area contributed by atoms with E-state index in [0.29, 0.717) is 32.8 Å². The van der Waals surface area contributed by atoms with E-state index >= 15 is 0 Å². The maximum atomic E-state index is 11.7. The molecule has 2 heterocycles. The van der Waals surface area contributed by atoms with Gasteiger partial charge in [0.2, 0.25) is 0 Å². The molecule has 0 bridgehead atoms. The van der Waals surface area contributed by atoms with Crippen molar-refractivity contribution in [2.75, 3.05) is 26.3 Å². The molecule has 1 N–H and O–H groups in total. The van der Waals surface area contributed by atoms with Gasteiger partial charge in [-0.05, 0) is 6.92 Å². The molecule has 92 valence electrons. The normalized spacial score (nSPS) is 15.7. The molecule has 2 amide bonds. The monoisotopic (exact) mass is 236 g/mol. The molecule has 17 heavy (non-hydrogen) atoms. The van der Waals surface area contributed by atoms with Crippen molar-refractivity contribution < 1.29 is 9.53 Å². The Morgan fingerprint density at radius 2 is 2.18 bits per heavy atom. The number of amides is 2. The second-order valence-corrected chi connectivity index (χ2v) is 3.91. The predicted octanol–water partition coefficient (Wildman–Crippen LogP) is 0.327. The summed E-state index contributed by atoms with van der Waals surface area (Å²) in [6.45, 7) is 4.79. The number of nitrogens with one attached hydrogen (secondary N) is 1. The minimum absolute atomic E-state index is 0.0734. The van der Waals surface area contributed by atoms with Crippen LogP contribution in [0.5, 0.6) is 0 Å². The Morgan fingerprint density at radius 1 is 1.41 bits per heavy atom. The lowest BCUT2D eigenvalue weighted by Gasteiger charge is -2.26. The molecule has 0 saturated carbocycles. The quantitative estimate of drug-likeness (QED) is 0.803. The van der Waals surface area contributed by atoms with E-state index in [-0.39, 0.29) is 6.03 Å². The van der Waals surface area contributed by atoms with Gasteiger partial charge in [0.25, 0.3) is 0 Å². The van der Waals surface area contributed by atoms with Crippen LogP contribution < -0.4 is 5.32 Å². The molecule has 0 atom stereocenters. The molecule has 0 spiro atoms. The molecule has 1 fully saturated rings. The number of aromatic nitrogens is 2. The van der Waals surface area contributed by atoms with E-state index in [2.05, 4.69) is 15.3 Å². The first-order chi connectivity index (χ1) is 8.25. The smallest absolute Gasteiger partial charge is 0.317 e. The Bertz CT molecular complexity index is 374. The van der Waals surface area contributed by atoms with Gasteiger partial charge >= 0.3 is 6.03 Å². The summed E-state index contributed by atoms with van der Waals surface area (Å²) in [6, 6.07) is -0.0734. The number of carbonyl (C=O) groups is 1. The van der Waals surface area contributed by atoms with Gasteiger partial charge in [0.1, 0.15) is 0 Å². The van der Waals surface area contributed by atoms with Crippen LogP contribution >= 0.6 is 0 Å². The van der Waals surface area contributed by atoms with Gasteiger partial charge in [0, 0.05) is 19.3 Å². The number of hydrogen-bond donors (Lipinski definition) is 1. The van der Waals surface area contributed by atoms with Gasteiger partial charge in [-0.25, -0.2) is 4.79 Å². The van der Waals surface area contributed by atoms with Gasteiger partial charge in [-0.2, -0.15) is 0 Å². The predicted molar refractivity (Wildman–Crippen MR) is 61.4 cm³/mol. The first kappa shape index (κ1) is 11.8. The van der Waals surface area contributed by atoms with Crippen molar-refractivity contribution in [1.82, 2.24) is 20.2 Å². The van der Waals surface area contributed by atoms with Crippen molar-refractivity contribution in [3.8, 4) is 0 Å². The molecule has 0 unspecified atom stereocenters. The van der Waals surface area contributed by atoms with Crippen LogP contribution in [0, 0.1) is 6.92 Å². The molecule has 2 rings (SSSR count). The number of carbonyl (C=O) groups excluding carboxylic acids is 1. The Kier molecular flexibility index (Phi) is 3.87. The van der Waals surface area contributed by atoms with Crippen molar-refractivity contribution in [2.45, 2.75) is 13.5 Å². The van der Waals surface area contributed by atoms with Crippen molar-refractivity contribution in [3.05, 3.63) is 23.8 Å². The van der Waals surface area contributed by atoms with Gasteiger partial charge < -0.3 is 15.0 Å². The van der Waals surface area contributed by atoms with Crippen molar-refractivity contribution in [2.24, 2.45) is 0 Å². The van der Waals surface area contributed by atoms with E-state index in [1.165, 1.54) is 0 Å². The van der Waals surface area contributed by atoms with Crippen LogP contribution in [0.3, 0.4) is 0 Å². The number of hydrogen-bond acceptors (Lipinski definition) is 4. The molecule has 1 aliphatic heterocycles. The zero-order chi connectivity index (χ0) is 12.1. The van der Waals surface area contributed by atoms with E-state index < -0.39 is 0 Å². The molecule has 6 nitrogen and oxygen atoms in total. The number of aryl methyl sites for hydroxylation is 1. The summed E-state index contributed by atoms with van der Waals surface area (Å²) >= 11 is 0. The maximum Gasteiger partial charge on any atom is 0.317 e. The largest absolute Gasteiger partial charge is 0.378 e. The van der Waals surface area contributed by atoms with Gasteiger partial charge in [-0.15, -0.1) is 0 Å². The fourth-order valence-electron chi connectivity index (χ4n) is 1.56. The molecule has 0 aromatic carbocycles. The highest BCUT2D eigenvalue weighted by atomic mass is 16.5. The van der Waals surface area contributed by atoms with E-state index in [0.717, 1.165) is 11.4 Å². The molecule has 0 radical (unpaired) electrons. The zero-order valence-electron chi connectivity index (χ0n) is 9.85. The molecule has 1 aromatic heterocycles. The van der Waals surface area contributed by atoms with E-state index in [4.69, 9.17) is 4.74 Å². The topological polar surface area (TPSA) is 67.4 Å². The Hall–Kier alpha value is -1.69. The van der Waals surface area contributed by atoms with Crippen LogP contribution in [0.15, 0.2) is 12.4 Å². The van der Waals surface area contributed by atoms with Gasteiger partial charge in [0.15, 0.2) is 0 Å². The number of morpholine rings is 1. The lowest BCUT2D eigenvalue weighted by Crippen LogP contribution is -2.45. The van der Waals surface area contributed by atoms with Gasteiger partial charge in [0.05, 0.1) is 37.3 Å². The van der Waals surface area contributed by atoms with Crippen LogP contribution in [0.25, 0.3) is 0 Å².